The van der Waals surface area contributed by atoms with E-state index in [4.69, 9.17) is 4.74 Å². The fraction of sp³-hybridized carbons (Fsp3) is 0.385. The fourth-order valence-electron chi connectivity index (χ4n) is 2.10. The standard InChI is InChI=1S/C13H16N4O/c1-3-12(10-18-8-1)16-11-4-5-13(14-9-11)17-7-2-6-15-17/h2,4-7,9,12,16H,1,3,8,10H2. The Labute approximate surface area is 106 Å². The van der Waals surface area contributed by atoms with Crippen molar-refractivity contribution in [3.63, 3.8) is 0 Å². The van der Waals surface area contributed by atoms with E-state index in [0.29, 0.717) is 6.04 Å². The molecule has 0 spiro atoms. The number of rotatable bonds is 3. The first-order chi connectivity index (χ1) is 8.92. The van der Waals surface area contributed by atoms with Gasteiger partial charge in [0.05, 0.1) is 18.5 Å². The van der Waals surface area contributed by atoms with Gasteiger partial charge >= 0.3 is 0 Å². The number of aromatic nitrogens is 3. The lowest BCUT2D eigenvalue weighted by Crippen LogP contribution is -2.29. The van der Waals surface area contributed by atoms with Crippen molar-refractivity contribution in [2.75, 3.05) is 18.5 Å². The molecule has 0 amide bonds. The van der Waals surface area contributed by atoms with Crippen LogP contribution in [-0.2, 0) is 4.74 Å². The number of pyridine rings is 1. The molecule has 2 aromatic rings. The van der Waals surface area contributed by atoms with Crippen molar-refractivity contribution in [1.29, 1.82) is 0 Å². The summed E-state index contributed by atoms with van der Waals surface area (Å²) in [5, 5.41) is 7.58. The average molecular weight is 244 g/mol. The molecule has 0 saturated carbocycles. The van der Waals surface area contributed by atoms with Crippen LogP contribution in [-0.4, -0.2) is 34.0 Å². The largest absolute Gasteiger partial charge is 0.379 e. The second-order valence-corrected chi connectivity index (χ2v) is 4.41. The summed E-state index contributed by atoms with van der Waals surface area (Å²) in [5.41, 5.74) is 1.03. The van der Waals surface area contributed by atoms with Gasteiger partial charge in [-0.2, -0.15) is 5.10 Å². The number of anilines is 1. The summed E-state index contributed by atoms with van der Waals surface area (Å²) < 4.78 is 7.18. The van der Waals surface area contributed by atoms with Crippen LogP contribution in [0.2, 0.25) is 0 Å². The van der Waals surface area contributed by atoms with E-state index in [1.807, 2.05) is 30.6 Å². The molecule has 3 heterocycles. The zero-order valence-electron chi connectivity index (χ0n) is 10.1. The number of nitrogens with zero attached hydrogens (tertiary/aromatic N) is 3. The van der Waals surface area contributed by atoms with Crippen LogP contribution >= 0.6 is 0 Å². The first-order valence-electron chi connectivity index (χ1n) is 6.22. The molecule has 2 aromatic heterocycles. The van der Waals surface area contributed by atoms with Crippen LogP contribution in [0.15, 0.2) is 36.8 Å². The summed E-state index contributed by atoms with van der Waals surface area (Å²) in [6.45, 7) is 1.66. The summed E-state index contributed by atoms with van der Waals surface area (Å²) in [4.78, 5) is 4.38. The highest BCUT2D eigenvalue weighted by Crippen LogP contribution is 2.14. The van der Waals surface area contributed by atoms with Crippen LogP contribution in [0.1, 0.15) is 12.8 Å². The Hall–Kier alpha value is -1.88. The number of ether oxygens (including phenoxy) is 1. The summed E-state index contributed by atoms with van der Waals surface area (Å²) in [6.07, 6.45) is 7.74. The van der Waals surface area contributed by atoms with Gasteiger partial charge in [0, 0.05) is 25.0 Å². The molecule has 94 valence electrons. The van der Waals surface area contributed by atoms with Crippen molar-refractivity contribution < 1.29 is 4.74 Å². The summed E-state index contributed by atoms with van der Waals surface area (Å²) in [5.74, 6) is 0.824. The highest BCUT2D eigenvalue weighted by Gasteiger charge is 2.13. The molecule has 1 atom stereocenters. The lowest BCUT2D eigenvalue weighted by molar-refractivity contribution is 0.0876. The second kappa shape index (κ2) is 5.18. The Balaban J connectivity index is 1.67. The molecule has 5 nitrogen and oxygen atoms in total. The third-order valence-electron chi connectivity index (χ3n) is 3.02. The summed E-state index contributed by atoms with van der Waals surface area (Å²) in [6, 6.07) is 6.27. The highest BCUT2D eigenvalue weighted by molar-refractivity contribution is 5.44. The second-order valence-electron chi connectivity index (χ2n) is 4.41. The summed E-state index contributed by atoms with van der Waals surface area (Å²) >= 11 is 0. The van der Waals surface area contributed by atoms with Crippen molar-refractivity contribution in [3.05, 3.63) is 36.8 Å². The molecule has 1 aliphatic heterocycles. The van der Waals surface area contributed by atoms with Gasteiger partial charge in [0.2, 0.25) is 0 Å². The van der Waals surface area contributed by atoms with Crippen LogP contribution < -0.4 is 5.32 Å². The molecule has 0 bridgehead atoms. The molecule has 0 aromatic carbocycles. The molecule has 3 rings (SSSR count). The average Bonchev–Trinajstić information content (AvgIpc) is 2.95. The van der Waals surface area contributed by atoms with Crippen LogP contribution in [0.25, 0.3) is 5.82 Å². The number of nitrogens with one attached hydrogen (secondary N) is 1. The van der Waals surface area contributed by atoms with Crippen molar-refractivity contribution in [3.8, 4) is 5.82 Å². The minimum absolute atomic E-state index is 0.399. The minimum Gasteiger partial charge on any atom is -0.379 e. The van der Waals surface area contributed by atoms with Gasteiger partial charge in [-0.15, -0.1) is 0 Å². The molecule has 5 heteroatoms. The third-order valence-corrected chi connectivity index (χ3v) is 3.02. The van der Waals surface area contributed by atoms with Crippen molar-refractivity contribution in [1.82, 2.24) is 14.8 Å². The molecular weight excluding hydrogens is 228 g/mol. The molecular formula is C13H16N4O. The summed E-state index contributed by atoms with van der Waals surface area (Å²) in [7, 11) is 0. The Morgan fingerprint density at radius 3 is 3.06 bits per heavy atom. The van der Waals surface area contributed by atoms with E-state index in [0.717, 1.165) is 37.6 Å². The highest BCUT2D eigenvalue weighted by atomic mass is 16.5. The lowest BCUT2D eigenvalue weighted by atomic mass is 10.1. The third kappa shape index (κ3) is 2.51. The van der Waals surface area contributed by atoms with Crippen LogP contribution in [0, 0.1) is 0 Å². The van der Waals surface area contributed by atoms with E-state index < -0.39 is 0 Å². The van der Waals surface area contributed by atoms with Crippen molar-refractivity contribution in [2.45, 2.75) is 18.9 Å². The van der Waals surface area contributed by atoms with Crippen LogP contribution in [0.4, 0.5) is 5.69 Å². The molecule has 0 aliphatic carbocycles. The molecule has 1 saturated heterocycles. The Kier molecular flexibility index (Phi) is 3.23. The van der Waals surface area contributed by atoms with Gasteiger partial charge in [-0.05, 0) is 31.0 Å². The molecule has 1 N–H and O–H groups in total. The predicted molar refractivity (Wildman–Crippen MR) is 68.8 cm³/mol. The normalized spacial score (nSPS) is 19.7. The fourth-order valence-corrected chi connectivity index (χ4v) is 2.10. The van der Waals surface area contributed by atoms with E-state index >= 15 is 0 Å². The maximum atomic E-state index is 5.44. The Morgan fingerprint density at radius 2 is 2.39 bits per heavy atom. The van der Waals surface area contributed by atoms with Crippen LogP contribution in [0.3, 0.4) is 0 Å². The molecule has 1 fully saturated rings. The molecule has 18 heavy (non-hydrogen) atoms. The van der Waals surface area contributed by atoms with Crippen molar-refractivity contribution >= 4 is 5.69 Å². The topological polar surface area (TPSA) is 52.0 Å². The minimum atomic E-state index is 0.399. The number of hydrogen-bond donors (Lipinski definition) is 1. The molecule has 1 aliphatic rings. The SMILES string of the molecule is c1cnn(-c2ccc(NC3CCCOC3)cn2)c1. The van der Waals surface area contributed by atoms with E-state index in [1.54, 1.807) is 10.9 Å². The molecule has 0 radical (unpaired) electrons. The Morgan fingerprint density at radius 1 is 1.39 bits per heavy atom. The van der Waals surface area contributed by atoms with Gasteiger partial charge in [-0.25, -0.2) is 9.67 Å². The van der Waals surface area contributed by atoms with Gasteiger partial charge in [-0.1, -0.05) is 0 Å². The quantitative estimate of drug-likeness (QED) is 0.895. The zero-order chi connectivity index (χ0) is 12.2. The first kappa shape index (κ1) is 11.2. The van der Waals surface area contributed by atoms with Gasteiger partial charge < -0.3 is 10.1 Å². The van der Waals surface area contributed by atoms with Crippen molar-refractivity contribution in [2.24, 2.45) is 0 Å². The maximum Gasteiger partial charge on any atom is 0.153 e. The Bertz CT molecular complexity index is 474. The smallest absolute Gasteiger partial charge is 0.153 e. The monoisotopic (exact) mass is 244 g/mol. The van der Waals surface area contributed by atoms with Crippen LogP contribution in [0.5, 0.6) is 0 Å². The predicted octanol–water partition coefficient (Wildman–Crippen LogP) is 1.86. The van der Waals surface area contributed by atoms with Gasteiger partial charge in [0.1, 0.15) is 0 Å². The van der Waals surface area contributed by atoms with Gasteiger partial charge in [-0.3, -0.25) is 0 Å². The maximum absolute atomic E-state index is 5.44. The first-order valence-corrected chi connectivity index (χ1v) is 6.22. The van der Waals surface area contributed by atoms with E-state index in [1.165, 1.54) is 0 Å². The van der Waals surface area contributed by atoms with E-state index in [2.05, 4.69) is 15.4 Å². The number of hydrogen-bond acceptors (Lipinski definition) is 4. The molecule has 1 unspecified atom stereocenters. The van der Waals surface area contributed by atoms with E-state index in [-0.39, 0.29) is 0 Å². The lowest BCUT2D eigenvalue weighted by Gasteiger charge is -2.23. The van der Waals surface area contributed by atoms with E-state index in [9.17, 15) is 0 Å². The van der Waals surface area contributed by atoms with Gasteiger partial charge in [0.25, 0.3) is 0 Å². The zero-order valence-corrected chi connectivity index (χ0v) is 10.1. The van der Waals surface area contributed by atoms with Gasteiger partial charge in [0.15, 0.2) is 5.82 Å².